The van der Waals surface area contributed by atoms with E-state index in [4.69, 9.17) is 5.73 Å². The summed E-state index contributed by atoms with van der Waals surface area (Å²) in [4.78, 5) is 11.0. The monoisotopic (exact) mass is 234 g/mol. The molecule has 1 fully saturated rings. The largest absolute Gasteiger partial charge is 0.369 e. The molecule has 1 atom stereocenters. The topological polar surface area (TPSA) is 80.5 Å². The molecule has 0 aromatic heterocycles. The Morgan fingerprint density at radius 1 is 1.47 bits per heavy atom. The average molecular weight is 234 g/mol. The van der Waals surface area contributed by atoms with Gasteiger partial charge in [0.2, 0.25) is 15.9 Å². The maximum atomic E-state index is 11.8. The first-order valence-corrected chi connectivity index (χ1v) is 6.64. The van der Waals surface area contributed by atoms with E-state index in [2.05, 4.69) is 0 Å². The van der Waals surface area contributed by atoms with Gasteiger partial charge in [0.25, 0.3) is 0 Å². The van der Waals surface area contributed by atoms with Gasteiger partial charge in [0.1, 0.15) is 0 Å². The van der Waals surface area contributed by atoms with Crippen LogP contribution in [0.5, 0.6) is 0 Å². The Hall–Kier alpha value is -0.620. The van der Waals surface area contributed by atoms with Crippen molar-refractivity contribution in [3.05, 3.63) is 0 Å². The fourth-order valence-electron chi connectivity index (χ4n) is 1.70. The van der Waals surface area contributed by atoms with Crippen LogP contribution in [-0.4, -0.2) is 37.0 Å². The molecule has 1 aliphatic heterocycles. The molecule has 15 heavy (non-hydrogen) atoms. The first-order chi connectivity index (χ1) is 6.85. The first-order valence-electron chi connectivity index (χ1n) is 5.14. The van der Waals surface area contributed by atoms with E-state index in [1.807, 2.05) is 0 Å². The molecule has 2 N–H and O–H groups in total. The number of primary amides is 1. The van der Waals surface area contributed by atoms with Gasteiger partial charge in [-0.15, -0.1) is 0 Å². The van der Waals surface area contributed by atoms with E-state index >= 15 is 0 Å². The van der Waals surface area contributed by atoms with Gasteiger partial charge in [0.15, 0.2) is 0 Å². The third kappa shape index (κ3) is 2.69. The number of nitrogens with two attached hydrogens (primary N) is 1. The van der Waals surface area contributed by atoms with Crippen LogP contribution in [0, 0.1) is 5.92 Å². The lowest BCUT2D eigenvalue weighted by Gasteiger charge is -2.31. The van der Waals surface area contributed by atoms with Crippen molar-refractivity contribution < 1.29 is 13.2 Å². The summed E-state index contributed by atoms with van der Waals surface area (Å²) in [5.41, 5.74) is 5.19. The van der Waals surface area contributed by atoms with Crippen molar-refractivity contribution in [1.82, 2.24) is 4.31 Å². The summed E-state index contributed by atoms with van der Waals surface area (Å²) in [6.45, 7) is 4.03. The molecule has 0 aromatic rings. The van der Waals surface area contributed by atoms with Crippen LogP contribution in [0.15, 0.2) is 0 Å². The van der Waals surface area contributed by atoms with E-state index in [1.165, 1.54) is 4.31 Å². The second kappa shape index (κ2) is 4.49. The normalized spacial score (nSPS) is 24.3. The van der Waals surface area contributed by atoms with E-state index in [1.54, 1.807) is 13.8 Å². The maximum absolute atomic E-state index is 11.8. The van der Waals surface area contributed by atoms with Gasteiger partial charge >= 0.3 is 0 Å². The second-order valence-electron chi connectivity index (χ2n) is 4.19. The summed E-state index contributed by atoms with van der Waals surface area (Å²) in [7, 11) is -3.24. The van der Waals surface area contributed by atoms with Gasteiger partial charge in [-0.1, -0.05) is 0 Å². The molecule has 88 valence electrons. The summed E-state index contributed by atoms with van der Waals surface area (Å²) in [6.07, 6.45) is 1.40. The molecule has 0 radical (unpaired) electrons. The van der Waals surface area contributed by atoms with Crippen LogP contribution in [0.4, 0.5) is 0 Å². The average Bonchev–Trinajstić information content (AvgIpc) is 2.17. The molecule has 0 bridgehead atoms. The number of piperidine rings is 1. The molecule has 1 heterocycles. The van der Waals surface area contributed by atoms with Gasteiger partial charge in [-0.2, -0.15) is 0 Å². The minimum atomic E-state index is -3.24. The molecule has 6 heteroatoms. The summed E-state index contributed by atoms with van der Waals surface area (Å²) in [5.74, 6) is -0.731. The highest BCUT2D eigenvalue weighted by Gasteiger charge is 2.32. The molecule has 0 spiro atoms. The van der Waals surface area contributed by atoms with Gasteiger partial charge in [-0.05, 0) is 26.7 Å². The van der Waals surface area contributed by atoms with Crippen molar-refractivity contribution in [2.24, 2.45) is 11.7 Å². The summed E-state index contributed by atoms with van der Waals surface area (Å²) < 4.78 is 25.0. The number of hydrogen-bond donors (Lipinski definition) is 1. The van der Waals surface area contributed by atoms with E-state index in [9.17, 15) is 13.2 Å². The first kappa shape index (κ1) is 12.4. The van der Waals surface area contributed by atoms with Crippen LogP contribution in [0.1, 0.15) is 26.7 Å². The van der Waals surface area contributed by atoms with Crippen LogP contribution in [0.3, 0.4) is 0 Å². The third-order valence-electron chi connectivity index (χ3n) is 2.74. The summed E-state index contributed by atoms with van der Waals surface area (Å²) in [6, 6.07) is 0. The highest BCUT2D eigenvalue weighted by atomic mass is 32.2. The standard InChI is InChI=1S/C9H18N2O3S/c1-7(2)15(13,14)11-5-3-4-8(6-11)9(10)12/h7-8H,3-6H2,1-2H3,(H2,10,12). The van der Waals surface area contributed by atoms with Crippen molar-refractivity contribution in [3.8, 4) is 0 Å². The van der Waals surface area contributed by atoms with E-state index < -0.39 is 21.2 Å². The molecule has 1 rings (SSSR count). The zero-order valence-corrected chi connectivity index (χ0v) is 9.96. The molecule has 1 amide bonds. The Morgan fingerprint density at radius 2 is 2.07 bits per heavy atom. The van der Waals surface area contributed by atoms with Gasteiger partial charge in [0.05, 0.1) is 11.2 Å². The molecule has 1 aliphatic rings. The number of rotatable bonds is 3. The Balaban J connectivity index is 2.77. The van der Waals surface area contributed by atoms with Crippen molar-refractivity contribution >= 4 is 15.9 Å². The van der Waals surface area contributed by atoms with Crippen LogP contribution in [0.25, 0.3) is 0 Å². The molecule has 5 nitrogen and oxygen atoms in total. The lowest BCUT2D eigenvalue weighted by Crippen LogP contribution is -2.46. The van der Waals surface area contributed by atoms with Crippen molar-refractivity contribution in [3.63, 3.8) is 0 Å². The Labute approximate surface area is 90.7 Å². The Bertz CT molecular complexity index is 337. The van der Waals surface area contributed by atoms with Crippen LogP contribution in [0.2, 0.25) is 0 Å². The molecular formula is C9H18N2O3S. The van der Waals surface area contributed by atoms with Crippen molar-refractivity contribution in [2.75, 3.05) is 13.1 Å². The van der Waals surface area contributed by atoms with Crippen molar-refractivity contribution in [2.45, 2.75) is 31.9 Å². The predicted molar refractivity (Wildman–Crippen MR) is 57.5 cm³/mol. The summed E-state index contributed by atoms with van der Waals surface area (Å²) >= 11 is 0. The van der Waals surface area contributed by atoms with Gasteiger partial charge in [-0.25, -0.2) is 12.7 Å². The quantitative estimate of drug-likeness (QED) is 0.741. The minimum Gasteiger partial charge on any atom is -0.369 e. The van der Waals surface area contributed by atoms with Gasteiger partial charge < -0.3 is 5.73 Å². The van der Waals surface area contributed by atoms with Gasteiger partial charge in [0, 0.05) is 13.1 Å². The molecule has 1 unspecified atom stereocenters. The third-order valence-corrected chi connectivity index (χ3v) is 4.98. The smallest absolute Gasteiger partial charge is 0.221 e. The zero-order valence-electron chi connectivity index (χ0n) is 9.14. The molecule has 1 saturated heterocycles. The van der Waals surface area contributed by atoms with E-state index in [-0.39, 0.29) is 12.5 Å². The Kier molecular flexibility index (Phi) is 3.72. The summed E-state index contributed by atoms with van der Waals surface area (Å²) in [5, 5.41) is -0.441. The lowest BCUT2D eigenvalue weighted by molar-refractivity contribution is -0.122. The number of sulfonamides is 1. The fourth-order valence-corrected chi connectivity index (χ4v) is 3.07. The number of hydrogen-bond acceptors (Lipinski definition) is 3. The highest BCUT2D eigenvalue weighted by molar-refractivity contribution is 7.89. The Morgan fingerprint density at radius 3 is 2.53 bits per heavy atom. The van der Waals surface area contributed by atoms with Gasteiger partial charge in [-0.3, -0.25) is 4.79 Å². The number of carbonyl (C=O) groups excluding carboxylic acids is 1. The molecule has 0 saturated carbocycles. The number of nitrogens with zero attached hydrogens (tertiary/aromatic N) is 1. The highest BCUT2D eigenvalue weighted by Crippen LogP contribution is 2.20. The van der Waals surface area contributed by atoms with E-state index in [0.29, 0.717) is 19.4 Å². The minimum absolute atomic E-state index is 0.246. The van der Waals surface area contributed by atoms with Crippen LogP contribution >= 0.6 is 0 Å². The fraction of sp³-hybridized carbons (Fsp3) is 0.889. The molecule has 0 aromatic carbocycles. The number of carbonyl (C=O) groups is 1. The second-order valence-corrected chi connectivity index (χ2v) is 6.68. The maximum Gasteiger partial charge on any atom is 0.221 e. The van der Waals surface area contributed by atoms with E-state index in [0.717, 1.165) is 0 Å². The number of amides is 1. The zero-order chi connectivity index (χ0) is 11.6. The van der Waals surface area contributed by atoms with Crippen LogP contribution in [-0.2, 0) is 14.8 Å². The lowest BCUT2D eigenvalue weighted by atomic mass is 9.99. The predicted octanol–water partition coefficient (Wildman–Crippen LogP) is -0.0781. The molecule has 0 aliphatic carbocycles. The van der Waals surface area contributed by atoms with Crippen molar-refractivity contribution in [1.29, 1.82) is 0 Å². The van der Waals surface area contributed by atoms with Crippen LogP contribution < -0.4 is 5.73 Å². The SMILES string of the molecule is CC(C)S(=O)(=O)N1CCCC(C(N)=O)C1. The molecular weight excluding hydrogens is 216 g/mol.